The summed E-state index contributed by atoms with van der Waals surface area (Å²) < 4.78 is 14.6. The molecule has 2 heterocycles. The number of esters is 2. The number of carbonyl (C=O) groups excluding carboxylic acids is 2. The van der Waals surface area contributed by atoms with Gasteiger partial charge in [0.25, 0.3) is 0 Å². The van der Waals surface area contributed by atoms with E-state index in [1.807, 2.05) is 10.6 Å². The Bertz CT molecular complexity index is 694. The number of carbonyl (C=O) groups is 4. The van der Waals surface area contributed by atoms with Gasteiger partial charge in [0.05, 0.1) is 0 Å². The van der Waals surface area contributed by atoms with Crippen LogP contribution in [-0.2, 0) is 23.8 Å². The van der Waals surface area contributed by atoms with Crippen LogP contribution in [0.3, 0.4) is 0 Å². The smallest absolute Gasteiger partial charge is 0.405 e. The predicted octanol–water partition coefficient (Wildman–Crippen LogP) is -0.787. The molecule has 13 nitrogen and oxygen atoms in total. The largest absolute Gasteiger partial charge is 0.475 e. The maximum atomic E-state index is 12.0. The number of rotatable bonds is 8. The van der Waals surface area contributed by atoms with Gasteiger partial charge in [-0.15, -0.1) is 0 Å². The van der Waals surface area contributed by atoms with E-state index >= 15 is 0 Å². The molecule has 0 spiro atoms. The van der Waals surface area contributed by atoms with Crippen molar-refractivity contribution >= 4 is 35.9 Å². The first-order chi connectivity index (χ1) is 12.8. The topological polar surface area (TPSA) is 185 Å². The van der Waals surface area contributed by atoms with Gasteiger partial charge in [0, 0.05) is 24.6 Å². The summed E-state index contributed by atoms with van der Waals surface area (Å²) >= 11 is 0. The first-order valence-electron chi connectivity index (χ1n) is 7.34. The Labute approximate surface area is 151 Å². The maximum absolute atomic E-state index is 12.0. The molecule has 2 atom stereocenters. The minimum Gasteiger partial charge on any atom is -0.475 e. The van der Waals surface area contributed by atoms with Gasteiger partial charge in [-0.2, -0.15) is 0 Å². The van der Waals surface area contributed by atoms with Crippen molar-refractivity contribution in [3.05, 3.63) is 24.6 Å². The van der Waals surface area contributed by atoms with Crippen LogP contribution in [-0.4, -0.2) is 71.4 Å². The summed E-state index contributed by atoms with van der Waals surface area (Å²) in [6.45, 7) is -0.979. The zero-order valence-corrected chi connectivity index (χ0v) is 13.5. The number of aliphatic imine (C=N–C) groups is 2. The van der Waals surface area contributed by atoms with Gasteiger partial charge in [0.1, 0.15) is 13.2 Å². The van der Waals surface area contributed by atoms with Crippen molar-refractivity contribution < 1.29 is 43.6 Å². The zero-order valence-electron chi connectivity index (χ0n) is 13.5. The van der Waals surface area contributed by atoms with E-state index in [9.17, 15) is 19.2 Å². The molecule has 2 aliphatic heterocycles. The lowest BCUT2D eigenvalue weighted by Crippen LogP contribution is -2.49. The monoisotopic (exact) mass is 382 g/mol. The highest BCUT2D eigenvalue weighted by Crippen LogP contribution is 2.03. The molecule has 4 N–H and O–H groups in total. The number of hydrogen-bond acceptors (Lipinski definition) is 9. The molecule has 0 unspecified atom stereocenters. The van der Waals surface area contributed by atoms with Crippen LogP contribution in [0.5, 0.6) is 0 Å². The molecule has 144 valence electrons. The van der Waals surface area contributed by atoms with Crippen LogP contribution in [0.4, 0.5) is 9.59 Å². The van der Waals surface area contributed by atoms with Gasteiger partial charge >= 0.3 is 24.1 Å². The molecule has 13 heteroatoms. The van der Waals surface area contributed by atoms with E-state index < -0.39 is 49.4 Å². The third kappa shape index (κ3) is 6.15. The Kier molecular flexibility index (Phi) is 6.46. The van der Waals surface area contributed by atoms with Gasteiger partial charge in [-0.3, -0.25) is 0 Å². The third-order valence-electron chi connectivity index (χ3n) is 3.00. The molecule has 2 aliphatic rings. The van der Waals surface area contributed by atoms with E-state index in [0.29, 0.717) is 0 Å². The lowest BCUT2D eigenvalue weighted by atomic mass is 10.3. The van der Waals surface area contributed by atoms with Crippen molar-refractivity contribution in [2.45, 2.75) is 12.1 Å². The molecule has 0 aromatic carbocycles. The number of amides is 2. The lowest BCUT2D eigenvalue weighted by molar-refractivity contribution is -0.163. The highest BCUT2D eigenvalue weighted by Gasteiger charge is 2.31. The second-order valence-corrected chi connectivity index (χ2v) is 4.93. The van der Waals surface area contributed by atoms with Crippen LogP contribution in [0.25, 0.3) is 0 Å². The Morgan fingerprint density at radius 2 is 1.22 bits per heavy atom. The van der Waals surface area contributed by atoms with Crippen molar-refractivity contribution in [1.82, 2.24) is 10.6 Å². The van der Waals surface area contributed by atoms with Crippen molar-refractivity contribution in [3.63, 3.8) is 0 Å². The summed E-state index contributed by atoms with van der Waals surface area (Å²) in [5.74, 6) is -2.24. The molecule has 0 saturated carbocycles. The molecular formula is C14H14N4O9. The minimum absolute atomic E-state index is 0.166. The average Bonchev–Trinajstić information content (AvgIpc) is 2.48. The number of ether oxygens (including phenoxy) is 3. The molecule has 0 aromatic rings. The van der Waals surface area contributed by atoms with Crippen LogP contribution in [0.2, 0.25) is 0 Å². The molecular weight excluding hydrogens is 368 g/mol. The zero-order chi connectivity index (χ0) is 19.8. The number of nitrogens with one attached hydrogen (secondary N) is 2. The molecule has 2 amide bonds. The fraction of sp³-hybridized carbons (Fsp3) is 0.286. The summed E-state index contributed by atoms with van der Waals surface area (Å²) in [7, 11) is 0. The lowest BCUT2D eigenvalue weighted by Gasteiger charge is -2.20. The number of carboxylic acid groups (broad SMARTS) is 2. The predicted molar refractivity (Wildman–Crippen MR) is 86.1 cm³/mol. The van der Waals surface area contributed by atoms with E-state index in [1.165, 1.54) is 24.6 Å². The SMILES string of the molecule is O=C(O)N[C@@H](COC1=NC=C1)C(=O)OC(=O)[C@H](COC1=NC=C1)NC(=O)O. The van der Waals surface area contributed by atoms with E-state index in [1.54, 1.807) is 0 Å². The van der Waals surface area contributed by atoms with Crippen molar-refractivity contribution in [2.75, 3.05) is 13.2 Å². The molecule has 0 bridgehead atoms. The highest BCUT2D eigenvalue weighted by molar-refractivity contribution is 5.95. The van der Waals surface area contributed by atoms with Gasteiger partial charge in [0.15, 0.2) is 12.1 Å². The van der Waals surface area contributed by atoms with Crippen LogP contribution < -0.4 is 10.6 Å². The quantitative estimate of drug-likeness (QED) is 0.308. The van der Waals surface area contributed by atoms with Crippen LogP contribution in [0.1, 0.15) is 0 Å². The fourth-order valence-electron chi connectivity index (χ4n) is 1.66. The molecule has 27 heavy (non-hydrogen) atoms. The first-order valence-corrected chi connectivity index (χ1v) is 7.34. The number of nitrogens with zero attached hydrogens (tertiary/aromatic N) is 2. The van der Waals surface area contributed by atoms with Crippen LogP contribution in [0, 0.1) is 0 Å². The Hall–Kier alpha value is -3.90. The molecule has 0 saturated heterocycles. The minimum atomic E-state index is -1.56. The van der Waals surface area contributed by atoms with E-state index in [4.69, 9.17) is 19.7 Å². The summed E-state index contributed by atoms with van der Waals surface area (Å²) in [6, 6.07) is -3.10. The van der Waals surface area contributed by atoms with Crippen LogP contribution >= 0.6 is 0 Å². The van der Waals surface area contributed by atoms with Gasteiger partial charge < -0.3 is 35.1 Å². The molecule has 0 aromatic heterocycles. The van der Waals surface area contributed by atoms with E-state index in [-0.39, 0.29) is 11.8 Å². The van der Waals surface area contributed by atoms with Crippen molar-refractivity contribution in [3.8, 4) is 0 Å². The molecule has 2 rings (SSSR count). The van der Waals surface area contributed by atoms with Gasteiger partial charge in [-0.1, -0.05) is 0 Å². The van der Waals surface area contributed by atoms with Crippen molar-refractivity contribution in [1.29, 1.82) is 0 Å². The first kappa shape index (κ1) is 19.4. The number of hydrogen-bond donors (Lipinski definition) is 4. The normalized spacial score (nSPS) is 15.7. The summed E-state index contributed by atoms with van der Waals surface area (Å²) in [5, 5.41) is 21.2. The molecule has 0 fully saturated rings. The van der Waals surface area contributed by atoms with E-state index in [0.717, 1.165) is 0 Å². The van der Waals surface area contributed by atoms with Gasteiger partial charge in [0.2, 0.25) is 11.8 Å². The highest BCUT2D eigenvalue weighted by atomic mass is 16.6. The molecule has 0 aliphatic carbocycles. The molecule has 0 radical (unpaired) electrons. The fourth-order valence-corrected chi connectivity index (χ4v) is 1.66. The third-order valence-corrected chi connectivity index (χ3v) is 3.00. The Morgan fingerprint density at radius 1 is 0.852 bits per heavy atom. The Morgan fingerprint density at radius 3 is 1.48 bits per heavy atom. The maximum Gasteiger partial charge on any atom is 0.405 e. The average molecular weight is 382 g/mol. The standard InChI is InChI=1S/C14H14N4O9/c19-11(7(17-13(21)22)5-25-9-1-3-15-9)27-12(20)8(18-14(23)24)6-26-10-2-4-16-10/h1-4,7-8,17-18H,5-6H2,(H,21,22)(H,23,24)/t7-,8-/m0/s1. The second kappa shape index (κ2) is 8.98. The summed E-state index contributed by atoms with van der Waals surface area (Å²) in [5.41, 5.74) is 0. The van der Waals surface area contributed by atoms with E-state index in [2.05, 4.69) is 14.7 Å². The second-order valence-electron chi connectivity index (χ2n) is 4.93. The van der Waals surface area contributed by atoms with Crippen LogP contribution in [0.15, 0.2) is 34.5 Å². The van der Waals surface area contributed by atoms with Crippen molar-refractivity contribution in [2.24, 2.45) is 9.98 Å². The Balaban J connectivity index is 1.92. The van der Waals surface area contributed by atoms with Gasteiger partial charge in [-0.25, -0.2) is 29.2 Å². The summed E-state index contributed by atoms with van der Waals surface area (Å²) in [6.07, 6.45) is 2.66. The summed E-state index contributed by atoms with van der Waals surface area (Å²) in [4.78, 5) is 53.0. The van der Waals surface area contributed by atoms with Gasteiger partial charge in [-0.05, 0) is 0 Å².